The molecule has 2 fully saturated rings. The first-order valence-electron chi connectivity index (χ1n) is 9.70. The molecular weight excluding hydrogens is 380 g/mol. The fraction of sp³-hybridized carbons (Fsp3) is 0.632. The van der Waals surface area contributed by atoms with Gasteiger partial charge in [-0.1, -0.05) is 19.1 Å². The molecule has 8 nitrogen and oxygen atoms in total. The van der Waals surface area contributed by atoms with E-state index in [-0.39, 0.29) is 6.04 Å². The van der Waals surface area contributed by atoms with Crippen molar-refractivity contribution in [3.8, 4) is 0 Å². The fourth-order valence-electron chi connectivity index (χ4n) is 4.04. The lowest BCUT2D eigenvalue weighted by atomic mass is 10.00. The summed E-state index contributed by atoms with van der Waals surface area (Å²) in [6.45, 7) is 8.08. The second kappa shape index (κ2) is 8.36. The van der Waals surface area contributed by atoms with Crippen LogP contribution in [-0.4, -0.2) is 63.4 Å². The minimum atomic E-state index is -3.70. The van der Waals surface area contributed by atoms with E-state index in [1.54, 1.807) is 0 Å². The molecule has 9 heteroatoms. The van der Waals surface area contributed by atoms with Crippen LogP contribution in [0.2, 0.25) is 0 Å². The fourth-order valence-corrected chi connectivity index (χ4v) is 5.92. The molecule has 3 atom stereocenters. The van der Waals surface area contributed by atoms with Crippen LogP contribution in [0.3, 0.4) is 0 Å². The maximum absolute atomic E-state index is 13.2. The standard InChI is InChI=1S/C19H30N4O4S/c1-5-15-17(19(24)27-4)18(21-20-15)28(25,26)23-11-9-22(10-12-23)16-8-6-7-13(2)14(16)3/h6-8,15,17-18,20-21H,5,9-12H2,1-4H3. The molecule has 156 valence electrons. The molecule has 2 aliphatic heterocycles. The minimum Gasteiger partial charge on any atom is -0.469 e. The van der Waals surface area contributed by atoms with Gasteiger partial charge in [-0.05, 0) is 37.5 Å². The summed E-state index contributed by atoms with van der Waals surface area (Å²) in [6, 6.07) is 5.91. The Bertz CT molecular complexity index is 821. The largest absolute Gasteiger partial charge is 0.469 e. The zero-order valence-corrected chi connectivity index (χ0v) is 17.8. The quantitative estimate of drug-likeness (QED) is 0.693. The van der Waals surface area contributed by atoms with Gasteiger partial charge in [-0.15, -0.1) is 0 Å². The predicted octanol–water partition coefficient (Wildman–Crippen LogP) is 0.757. The Morgan fingerprint density at radius 1 is 1.18 bits per heavy atom. The Balaban J connectivity index is 1.74. The molecule has 28 heavy (non-hydrogen) atoms. The first kappa shape index (κ1) is 21.0. The number of sulfonamides is 1. The Kier molecular flexibility index (Phi) is 6.28. The highest BCUT2D eigenvalue weighted by Crippen LogP contribution is 2.28. The number of hydrogen-bond acceptors (Lipinski definition) is 7. The highest BCUT2D eigenvalue weighted by Gasteiger charge is 2.50. The number of rotatable bonds is 5. The summed E-state index contributed by atoms with van der Waals surface area (Å²) < 4.78 is 32.8. The molecule has 1 aromatic carbocycles. The molecule has 0 radical (unpaired) electrons. The van der Waals surface area contributed by atoms with Crippen LogP contribution < -0.4 is 15.8 Å². The first-order valence-corrected chi connectivity index (χ1v) is 11.2. The van der Waals surface area contributed by atoms with E-state index in [9.17, 15) is 13.2 Å². The van der Waals surface area contributed by atoms with E-state index >= 15 is 0 Å². The number of hydrogen-bond donors (Lipinski definition) is 2. The van der Waals surface area contributed by atoms with E-state index in [2.05, 4.69) is 41.7 Å². The van der Waals surface area contributed by atoms with E-state index < -0.39 is 27.3 Å². The van der Waals surface area contributed by atoms with Crippen molar-refractivity contribution < 1.29 is 17.9 Å². The maximum Gasteiger partial charge on any atom is 0.313 e. The molecule has 3 unspecified atom stereocenters. The number of ether oxygens (including phenoxy) is 1. The molecule has 2 heterocycles. The van der Waals surface area contributed by atoms with Crippen LogP contribution in [0.15, 0.2) is 18.2 Å². The Morgan fingerprint density at radius 3 is 2.46 bits per heavy atom. The lowest BCUT2D eigenvalue weighted by molar-refractivity contribution is -0.145. The molecule has 0 aromatic heterocycles. The molecule has 1 aromatic rings. The van der Waals surface area contributed by atoms with Crippen LogP contribution >= 0.6 is 0 Å². The SMILES string of the molecule is CCC1NNC(S(=O)(=O)N2CCN(c3cccc(C)c3C)CC2)C1C(=O)OC. The van der Waals surface area contributed by atoms with Gasteiger partial charge in [-0.25, -0.2) is 13.8 Å². The number of esters is 1. The topological polar surface area (TPSA) is 91.0 Å². The highest BCUT2D eigenvalue weighted by atomic mass is 32.2. The average molecular weight is 411 g/mol. The number of nitrogens with one attached hydrogen (secondary N) is 2. The number of piperazine rings is 1. The Labute approximate surface area is 167 Å². The van der Waals surface area contributed by atoms with Gasteiger partial charge < -0.3 is 9.64 Å². The van der Waals surface area contributed by atoms with Gasteiger partial charge in [0.25, 0.3) is 0 Å². The molecule has 3 rings (SSSR count). The summed E-state index contributed by atoms with van der Waals surface area (Å²) in [6.07, 6.45) is 0.624. The molecule has 0 saturated carbocycles. The van der Waals surface area contributed by atoms with Gasteiger partial charge in [0, 0.05) is 37.9 Å². The summed E-state index contributed by atoms with van der Waals surface area (Å²) in [5.74, 6) is -1.27. The van der Waals surface area contributed by atoms with Crippen LogP contribution in [0, 0.1) is 19.8 Å². The van der Waals surface area contributed by atoms with Gasteiger partial charge in [-0.3, -0.25) is 10.2 Å². The highest BCUT2D eigenvalue weighted by molar-refractivity contribution is 7.89. The molecule has 0 aliphatic carbocycles. The summed E-state index contributed by atoms with van der Waals surface area (Å²) in [4.78, 5) is 14.5. The lowest BCUT2D eigenvalue weighted by Gasteiger charge is -2.37. The van der Waals surface area contributed by atoms with Crippen molar-refractivity contribution >= 4 is 21.7 Å². The molecule has 2 aliphatic rings. The van der Waals surface area contributed by atoms with Crippen LogP contribution in [-0.2, 0) is 19.6 Å². The van der Waals surface area contributed by atoms with Crippen LogP contribution in [0.4, 0.5) is 5.69 Å². The zero-order chi connectivity index (χ0) is 20.5. The number of hydrazine groups is 1. The number of nitrogens with zero attached hydrogens (tertiary/aromatic N) is 2. The maximum atomic E-state index is 13.2. The first-order chi connectivity index (χ1) is 13.3. The Hall–Kier alpha value is -1.68. The second-order valence-electron chi connectivity index (χ2n) is 7.42. The van der Waals surface area contributed by atoms with Gasteiger partial charge in [0.05, 0.1) is 7.11 Å². The zero-order valence-electron chi connectivity index (χ0n) is 16.9. The van der Waals surface area contributed by atoms with Crippen LogP contribution in [0.25, 0.3) is 0 Å². The number of carbonyl (C=O) groups excluding carboxylic acids is 1. The number of carbonyl (C=O) groups is 1. The lowest BCUT2D eigenvalue weighted by Crippen LogP contribution is -2.55. The van der Waals surface area contributed by atoms with E-state index in [0.717, 1.165) is 5.69 Å². The molecule has 2 saturated heterocycles. The van der Waals surface area contributed by atoms with Crippen molar-refractivity contribution in [3.05, 3.63) is 29.3 Å². The van der Waals surface area contributed by atoms with Gasteiger partial charge in [-0.2, -0.15) is 4.31 Å². The molecular formula is C19H30N4O4S. The third-order valence-corrected chi connectivity index (χ3v) is 8.06. The van der Waals surface area contributed by atoms with Crippen LogP contribution in [0.1, 0.15) is 24.5 Å². The molecule has 0 spiro atoms. The number of methoxy groups -OCH3 is 1. The third kappa shape index (κ3) is 3.76. The predicted molar refractivity (Wildman–Crippen MR) is 108 cm³/mol. The third-order valence-electron chi connectivity index (χ3n) is 5.92. The molecule has 2 N–H and O–H groups in total. The smallest absolute Gasteiger partial charge is 0.313 e. The van der Waals surface area contributed by atoms with Gasteiger partial charge in [0.2, 0.25) is 10.0 Å². The van der Waals surface area contributed by atoms with E-state index in [0.29, 0.717) is 32.6 Å². The summed E-state index contributed by atoms with van der Waals surface area (Å²) in [5.41, 5.74) is 9.37. The van der Waals surface area contributed by atoms with Gasteiger partial charge in [0.1, 0.15) is 5.92 Å². The van der Waals surface area contributed by atoms with Crippen molar-refractivity contribution in [2.75, 3.05) is 38.2 Å². The second-order valence-corrected chi connectivity index (χ2v) is 9.48. The van der Waals surface area contributed by atoms with Crippen molar-refractivity contribution in [3.63, 3.8) is 0 Å². The van der Waals surface area contributed by atoms with Crippen molar-refractivity contribution in [1.29, 1.82) is 0 Å². The summed E-state index contributed by atoms with van der Waals surface area (Å²) >= 11 is 0. The van der Waals surface area contributed by atoms with Crippen molar-refractivity contribution in [2.45, 2.75) is 38.6 Å². The summed E-state index contributed by atoms with van der Waals surface area (Å²) in [5, 5.41) is -1.02. The number of aryl methyl sites for hydroxylation is 1. The molecule has 0 bridgehead atoms. The minimum absolute atomic E-state index is 0.275. The number of anilines is 1. The molecule has 0 amide bonds. The van der Waals surface area contributed by atoms with Crippen molar-refractivity contribution in [1.82, 2.24) is 15.2 Å². The number of benzene rings is 1. The van der Waals surface area contributed by atoms with E-state index in [4.69, 9.17) is 4.74 Å². The monoisotopic (exact) mass is 410 g/mol. The van der Waals surface area contributed by atoms with E-state index in [1.807, 2.05) is 13.0 Å². The van der Waals surface area contributed by atoms with Crippen molar-refractivity contribution in [2.24, 2.45) is 5.92 Å². The summed E-state index contributed by atoms with van der Waals surface area (Å²) in [7, 11) is -2.41. The normalized spacial score (nSPS) is 26.4. The van der Waals surface area contributed by atoms with E-state index in [1.165, 1.54) is 22.5 Å². The van der Waals surface area contributed by atoms with Gasteiger partial charge >= 0.3 is 5.97 Å². The average Bonchev–Trinajstić information content (AvgIpc) is 3.14. The van der Waals surface area contributed by atoms with Gasteiger partial charge in [0.15, 0.2) is 5.37 Å². The Morgan fingerprint density at radius 2 is 1.86 bits per heavy atom. The van der Waals surface area contributed by atoms with Crippen LogP contribution in [0.5, 0.6) is 0 Å².